The van der Waals surface area contributed by atoms with Gasteiger partial charge in [0.05, 0.1) is 17.2 Å². The number of nitrogens with one attached hydrogen (secondary N) is 3. The maximum absolute atomic E-state index is 13.1. The van der Waals surface area contributed by atoms with Crippen LogP contribution in [-0.2, 0) is 0 Å². The number of hydrogen-bond acceptors (Lipinski definition) is 4. The van der Waals surface area contributed by atoms with Crippen LogP contribution in [-0.4, -0.2) is 26.8 Å². The Morgan fingerprint density at radius 2 is 1.46 bits per heavy atom. The lowest BCUT2D eigenvalue weighted by atomic mass is 10.1. The van der Waals surface area contributed by atoms with E-state index in [-0.39, 0.29) is 11.8 Å². The van der Waals surface area contributed by atoms with Gasteiger partial charge in [0.2, 0.25) is 0 Å². The van der Waals surface area contributed by atoms with Gasteiger partial charge in [-0.3, -0.25) is 9.59 Å². The van der Waals surface area contributed by atoms with E-state index in [1.165, 1.54) is 24.3 Å². The van der Waals surface area contributed by atoms with Gasteiger partial charge in [-0.2, -0.15) is 0 Å². The van der Waals surface area contributed by atoms with Crippen LogP contribution < -0.4 is 10.6 Å². The van der Waals surface area contributed by atoms with Crippen molar-refractivity contribution < 1.29 is 14.0 Å². The number of carbonyl (C=O) groups excluding carboxylic acids is 2. The number of aromatic amines is 1. The minimum atomic E-state index is -0.396. The van der Waals surface area contributed by atoms with E-state index in [2.05, 4.69) is 25.6 Å². The maximum Gasteiger partial charge on any atom is 0.256 e. The zero-order valence-corrected chi connectivity index (χ0v) is 18.7. The first-order valence-electron chi connectivity index (χ1n) is 10.9. The van der Waals surface area contributed by atoms with Gasteiger partial charge in [-0.15, -0.1) is 0 Å². The molecule has 7 nitrogen and oxygen atoms in total. The summed E-state index contributed by atoms with van der Waals surface area (Å²) in [5.41, 5.74) is 4.78. The van der Waals surface area contributed by atoms with Crippen LogP contribution in [0.2, 0.25) is 0 Å². The Labute approximate surface area is 200 Å². The average Bonchev–Trinajstić information content (AvgIpc) is 3.29. The molecule has 2 heterocycles. The van der Waals surface area contributed by atoms with Gasteiger partial charge in [0.25, 0.3) is 11.8 Å². The zero-order valence-electron chi connectivity index (χ0n) is 18.7. The monoisotopic (exact) mass is 465 g/mol. The molecule has 2 aromatic heterocycles. The number of H-pyrrole nitrogens is 1. The third-order valence-electron chi connectivity index (χ3n) is 5.45. The number of carbonyl (C=O) groups is 2. The molecule has 8 heteroatoms. The Bertz CT molecular complexity index is 1530. The van der Waals surface area contributed by atoms with Crippen LogP contribution in [0.5, 0.6) is 0 Å². The highest BCUT2D eigenvalue weighted by atomic mass is 19.1. The maximum atomic E-state index is 13.1. The van der Waals surface area contributed by atoms with Crippen molar-refractivity contribution in [2.75, 3.05) is 10.6 Å². The molecule has 5 aromatic rings. The highest BCUT2D eigenvalue weighted by Gasteiger charge is 2.11. The van der Waals surface area contributed by atoms with Crippen LogP contribution in [0, 0.1) is 12.7 Å². The largest absolute Gasteiger partial charge is 0.337 e. The summed E-state index contributed by atoms with van der Waals surface area (Å²) < 4.78 is 13.1. The number of aryl methyl sites for hydroxylation is 1. The second-order valence-corrected chi connectivity index (χ2v) is 8.03. The van der Waals surface area contributed by atoms with Crippen LogP contribution in [0.4, 0.5) is 15.9 Å². The number of rotatable bonds is 5. The van der Waals surface area contributed by atoms with Crippen molar-refractivity contribution in [2.45, 2.75) is 6.92 Å². The molecule has 0 saturated carbocycles. The minimum Gasteiger partial charge on any atom is -0.337 e. The van der Waals surface area contributed by atoms with Crippen LogP contribution in [0.15, 0.2) is 85.1 Å². The third kappa shape index (κ3) is 4.91. The van der Waals surface area contributed by atoms with Gasteiger partial charge < -0.3 is 15.6 Å². The van der Waals surface area contributed by atoms with E-state index >= 15 is 0 Å². The van der Waals surface area contributed by atoms with E-state index in [9.17, 15) is 14.0 Å². The molecule has 0 aliphatic carbocycles. The molecule has 0 spiro atoms. The van der Waals surface area contributed by atoms with Gasteiger partial charge in [0.15, 0.2) is 0 Å². The first kappa shape index (κ1) is 22.0. The minimum absolute atomic E-state index is 0.245. The standard InChI is InChI=1S/C27H20FN5O2/c1-16-2-4-18(5-3-16)27(35)33-24-14-22-23(15-29-24)32-25(31-22)17-8-12-21(13-9-17)30-26(34)19-6-10-20(28)11-7-19/h2-15H,1H3,(H,30,34)(H,31,32)(H,29,33,35). The predicted molar refractivity (Wildman–Crippen MR) is 133 cm³/mol. The molecule has 0 bridgehead atoms. The number of hydrogen-bond donors (Lipinski definition) is 3. The number of benzene rings is 3. The van der Waals surface area contributed by atoms with Crippen molar-refractivity contribution in [1.82, 2.24) is 15.0 Å². The second-order valence-electron chi connectivity index (χ2n) is 8.03. The molecule has 0 radical (unpaired) electrons. The summed E-state index contributed by atoms with van der Waals surface area (Å²) in [4.78, 5) is 36.9. The summed E-state index contributed by atoms with van der Waals surface area (Å²) >= 11 is 0. The van der Waals surface area contributed by atoms with E-state index in [4.69, 9.17) is 0 Å². The van der Waals surface area contributed by atoms with Crippen LogP contribution in [0.25, 0.3) is 22.4 Å². The Morgan fingerprint density at radius 3 is 2.14 bits per heavy atom. The lowest BCUT2D eigenvalue weighted by molar-refractivity contribution is 0.101. The van der Waals surface area contributed by atoms with Crippen molar-refractivity contribution >= 4 is 34.4 Å². The van der Waals surface area contributed by atoms with Gasteiger partial charge in [-0.25, -0.2) is 14.4 Å². The molecule has 0 aliphatic rings. The summed E-state index contributed by atoms with van der Waals surface area (Å²) in [7, 11) is 0. The molecule has 172 valence electrons. The Kier molecular flexibility index (Phi) is 5.76. The zero-order chi connectivity index (χ0) is 24.4. The number of halogens is 1. The molecule has 0 saturated heterocycles. The lowest BCUT2D eigenvalue weighted by Gasteiger charge is -2.06. The number of nitrogens with zero attached hydrogens (tertiary/aromatic N) is 2. The summed E-state index contributed by atoms with van der Waals surface area (Å²) in [6, 6.07) is 21.5. The van der Waals surface area contributed by atoms with E-state index in [1.54, 1.807) is 36.5 Å². The number of pyridine rings is 1. The normalized spacial score (nSPS) is 10.8. The van der Waals surface area contributed by atoms with Gasteiger partial charge in [0.1, 0.15) is 17.5 Å². The van der Waals surface area contributed by atoms with Crippen molar-refractivity contribution in [3.8, 4) is 11.4 Å². The third-order valence-corrected chi connectivity index (χ3v) is 5.45. The predicted octanol–water partition coefficient (Wildman–Crippen LogP) is 5.58. The molecular weight excluding hydrogens is 445 g/mol. The van der Waals surface area contributed by atoms with Gasteiger partial charge in [0, 0.05) is 28.4 Å². The summed E-state index contributed by atoms with van der Waals surface area (Å²) in [6.07, 6.45) is 1.62. The van der Waals surface area contributed by atoms with Crippen LogP contribution in [0.3, 0.4) is 0 Å². The Morgan fingerprint density at radius 1 is 0.829 bits per heavy atom. The number of imidazole rings is 1. The quantitative estimate of drug-likeness (QED) is 0.316. The summed E-state index contributed by atoms with van der Waals surface area (Å²) in [6.45, 7) is 1.96. The van der Waals surface area contributed by atoms with E-state index in [0.29, 0.717) is 34.0 Å². The molecule has 0 atom stereocenters. The Hall–Kier alpha value is -4.85. The lowest BCUT2D eigenvalue weighted by Crippen LogP contribution is -2.12. The number of fused-ring (bicyclic) bond motifs is 1. The Balaban J connectivity index is 1.30. The van der Waals surface area contributed by atoms with E-state index in [0.717, 1.165) is 16.6 Å². The molecule has 0 unspecified atom stereocenters. The van der Waals surface area contributed by atoms with E-state index < -0.39 is 5.82 Å². The SMILES string of the molecule is Cc1ccc(C(=O)Nc2cc3nc(-c4ccc(NC(=O)c5ccc(F)cc5)cc4)[nH]c3cn2)cc1. The number of anilines is 2. The first-order chi connectivity index (χ1) is 16.9. The highest BCUT2D eigenvalue weighted by Crippen LogP contribution is 2.23. The molecule has 35 heavy (non-hydrogen) atoms. The fraction of sp³-hybridized carbons (Fsp3) is 0.0370. The fourth-order valence-electron chi connectivity index (χ4n) is 3.52. The number of amides is 2. The molecular formula is C27H20FN5O2. The fourth-order valence-corrected chi connectivity index (χ4v) is 3.52. The topological polar surface area (TPSA) is 99.8 Å². The molecule has 0 aliphatic heterocycles. The average molecular weight is 465 g/mol. The summed E-state index contributed by atoms with van der Waals surface area (Å²) in [5, 5.41) is 5.58. The van der Waals surface area contributed by atoms with Gasteiger partial charge in [-0.1, -0.05) is 17.7 Å². The molecule has 5 rings (SSSR count). The van der Waals surface area contributed by atoms with Gasteiger partial charge in [-0.05, 0) is 67.6 Å². The highest BCUT2D eigenvalue weighted by molar-refractivity contribution is 6.05. The molecule has 0 fully saturated rings. The number of aromatic nitrogens is 3. The van der Waals surface area contributed by atoms with Crippen molar-refractivity contribution in [1.29, 1.82) is 0 Å². The molecule has 3 N–H and O–H groups in total. The van der Waals surface area contributed by atoms with Gasteiger partial charge >= 0.3 is 0 Å². The molecule has 3 aromatic carbocycles. The van der Waals surface area contributed by atoms with Crippen molar-refractivity contribution in [2.24, 2.45) is 0 Å². The van der Waals surface area contributed by atoms with Crippen molar-refractivity contribution in [3.63, 3.8) is 0 Å². The van der Waals surface area contributed by atoms with Crippen LogP contribution >= 0.6 is 0 Å². The summed E-state index contributed by atoms with van der Waals surface area (Å²) in [5.74, 6) is 0.0616. The smallest absolute Gasteiger partial charge is 0.256 e. The molecule has 2 amide bonds. The van der Waals surface area contributed by atoms with Crippen molar-refractivity contribution in [3.05, 3.63) is 108 Å². The van der Waals surface area contributed by atoms with E-state index in [1.807, 2.05) is 31.2 Å². The van der Waals surface area contributed by atoms with Crippen LogP contribution in [0.1, 0.15) is 26.3 Å². The first-order valence-corrected chi connectivity index (χ1v) is 10.9. The second kappa shape index (κ2) is 9.18.